The molecule has 4 heteroatoms. The lowest BCUT2D eigenvalue weighted by Crippen LogP contribution is -2.23. The number of carbonyl (C=O) groups is 2. The molecule has 0 aliphatic carbocycles. The Morgan fingerprint density at radius 3 is 1.81 bits per heavy atom. The molecule has 4 nitrogen and oxygen atoms in total. The topological polar surface area (TPSA) is 55.4 Å². The zero-order chi connectivity index (χ0) is 18.4. The van der Waals surface area contributed by atoms with Crippen molar-refractivity contribution in [3.8, 4) is 0 Å². The van der Waals surface area contributed by atoms with E-state index in [9.17, 15) is 9.59 Å². The van der Waals surface area contributed by atoms with Gasteiger partial charge in [-0.05, 0) is 23.3 Å². The molecule has 1 amide bonds. The Labute approximate surface area is 152 Å². The van der Waals surface area contributed by atoms with Crippen molar-refractivity contribution in [3.63, 3.8) is 0 Å². The van der Waals surface area contributed by atoms with Crippen LogP contribution in [0.1, 0.15) is 27.4 Å². The number of amides is 1. The van der Waals surface area contributed by atoms with Gasteiger partial charge in [0.2, 0.25) is 5.91 Å². The molecule has 0 aliphatic rings. The third-order valence-electron chi connectivity index (χ3n) is 4.12. The van der Waals surface area contributed by atoms with Crippen molar-refractivity contribution < 1.29 is 14.3 Å². The number of carbonyl (C=O) groups excluding carboxylic acids is 2. The van der Waals surface area contributed by atoms with Crippen LogP contribution in [0.25, 0.3) is 0 Å². The van der Waals surface area contributed by atoms with Gasteiger partial charge >= 0.3 is 5.97 Å². The Bertz CT molecular complexity index is 852. The lowest BCUT2D eigenvalue weighted by molar-refractivity contribution is -0.116. The number of benzene rings is 3. The van der Waals surface area contributed by atoms with Gasteiger partial charge in [-0.25, -0.2) is 4.79 Å². The quantitative estimate of drug-likeness (QED) is 0.704. The molecule has 1 N–H and O–H groups in total. The first-order valence-electron chi connectivity index (χ1n) is 8.29. The monoisotopic (exact) mass is 345 g/mol. The molecular weight excluding hydrogens is 326 g/mol. The van der Waals surface area contributed by atoms with E-state index in [-0.39, 0.29) is 5.91 Å². The second-order valence-corrected chi connectivity index (χ2v) is 5.78. The van der Waals surface area contributed by atoms with Gasteiger partial charge in [0, 0.05) is 0 Å². The first-order valence-corrected chi connectivity index (χ1v) is 8.29. The van der Waals surface area contributed by atoms with Crippen molar-refractivity contribution in [2.45, 2.75) is 5.92 Å². The molecule has 0 fully saturated rings. The summed E-state index contributed by atoms with van der Waals surface area (Å²) in [6.07, 6.45) is 0. The van der Waals surface area contributed by atoms with Crippen LogP contribution in [0.15, 0.2) is 84.9 Å². The van der Waals surface area contributed by atoms with Gasteiger partial charge in [0.15, 0.2) is 0 Å². The number of anilines is 1. The largest absolute Gasteiger partial charge is 0.465 e. The van der Waals surface area contributed by atoms with Crippen LogP contribution < -0.4 is 5.32 Å². The summed E-state index contributed by atoms with van der Waals surface area (Å²) < 4.78 is 4.80. The molecule has 0 heterocycles. The molecule has 0 spiro atoms. The molecule has 0 saturated heterocycles. The smallest absolute Gasteiger partial charge is 0.339 e. The van der Waals surface area contributed by atoms with E-state index >= 15 is 0 Å². The van der Waals surface area contributed by atoms with Crippen LogP contribution >= 0.6 is 0 Å². The van der Waals surface area contributed by atoms with Gasteiger partial charge in [0.05, 0.1) is 24.3 Å². The highest BCUT2D eigenvalue weighted by atomic mass is 16.5. The minimum absolute atomic E-state index is 0.209. The first-order chi connectivity index (χ1) is 12.7. The fraction of sp³-hybridized carbons (Fsp3) is 0.0909. The summed E-state index contributed by atoms with van der Waals surface area (Å²) in [6.45, 7) is 0. The minimum atomic E-state index is -0.489. The Morgan fingerprint density at radius 2 is 1.27 bits per heavy atom. The van der Waals surface area contributed by atoms with E-state index in [1.807, 2.05) is 60.7 Å². The molecule has 3 aromatic carbocycles. The van der Waals surface area contributed by atoms with Crippen LogP contribution in [0.2, 0.25) is 0 Å². The molecule has 0 bridgehead atoms. The Hall–Kier alpha value is -3.40. The standard InChI is InChI=1S/C22H19NO3/c1-26-22(25)18-14-8-9-15-19(18)23-21(24)20(16-10-4-2-5-11-16)17-12-6-3-7-13-17/h2-15,20H,1H3,(H,23,24). The maximum Gasteiger partial charge on any atom is 0.339 e. The lowest BCUT2D eigenvalue weighted by Gasteiger charge is -2.19. The summed E-state index contributed by atoms with van der Waals surface area (Å²) in [5, 5.41) is 2.88. The fourth-order valence-corrected chi connectivity index (χ4v) is 2.87. The maximum absolute atomic E-state index is 13.1. The van der Waals surface area contributed by atoms with Gasteiger partial charge in [-0.3, -0.25) is 4.79 Å². The van der Waals surface area contributed by atoms with Crippen LogP contribution in [0.4, 0.5) is 5.69 Å². The molecule has 3 aromatic rings. The third kappa shape index (κ3) is 3.81. The zero-order valence-electron chi connectivity index (χ0n) is 14.4. The highest BCUT2D eigenvalue weighted by Crippen LogP contribution is 2.27. The van der Waals surface area contributed by atoms with E-state index in [4.69, 9.17) is 4.74 Å². The summed E-state index contributed by atoms with van der Waals surface area (Å²) in [6, 6.07) is 25.9. The molecule has 0 radical (unpaired) electrons. The van der Waals surface area contributed by atoms with Crippen LogP contribution in [0.3, 0.4) is 0 Å². The molecule has 0 aliphatic heterocycles. The number of rotatable bonds is 5. The summed E-state index contributed by atoms with van der Waals surface area (Å²) in [4.78, 5) is 25.1. The fourth-order valence-electron chi connectivity index (χ4n) is 2.87. The van der Waals surface area contributed by atoms with Crippen molar-refractivity contribution in [1.29, 1.82) is 0 Å². The first kappa shape index (κ1) is 17.4. The lowest BCUT2D eigenvalue weighted by atomic mass is 9.90. The van der Waals surface area contributed by atoms with Crippen LogP contribution in [0, 0.1) is 0 Å². The van der Waals surface area contributed by atoms with Crippen LogP contribution in [-0.2, 0) is 9.53 Å². The minimum Gasteiger partial charge on any atom is -0.465 e. The van der Waals surface area contributed by atoms with Gasteiger partial charge in [0.1, 0.15) is 0 Å². The molecule has 0 unspecified atom stereocenters. The normalized spacial score (nSPS) is 10.4. The van der Waals surface area contributed by atoms with Crippen molar-refractivity contribution in [1.82, 2.24) is 0 Å². The zero-order valence-corrected chi connectivity index (χ0v) is 14.4. The van der Waals surface area contributed by atoms with Gasteiger partial charge < -0.3 is 10.1 Å². The number of methoxy groups -OCH3 is 1. The van der Waals surface area contributed by atoms with Gasteiger partial charge in [-0.15, -0.1) is 0 Å². The van der Waals surface area contributed by atoms with E-state index in [0.29, 0.717) is 11.3 Å². The number of para-hydroxylation sites is 1. The molecule has 0 saturated carbocycles. The van der Waals surface area contributed by atoms with Crippen molar-refractivity contribution in [2.75, 3.05) is 12.4 Å². The Kier molecular flexibility index (Phi) is 5.44. The summed E-state index contributed by atoms with van der Waals surface area (Å²) in [5.74, 6) is -1.18. The highest BCUT2D eigenvalue weighted by molar-refractivity contribution is 6.04. The van der Waals surface area contributed by atoms with Crippen molar-refractivity contribution in [2.24, 2.45) is 0 Å². The summed E-state index contributed by atoms with van der Waals surface area (Å²) in [5.41, 5.74) is 2.52. The number of esters is 1. The van der Waals surface area contributed by atoms with E-state index in [1.165, 1.54) is 7.11 Å². The average Bonchev–Trinajstić information content (AvgIpc) is 2.69. The predicted octanol–water partition coefficient (Wildman–Crippen LogP) is 4.24. The molecule has 0 aromatic heterocycles. The van der Waals surface area contributed by atoms with Gasteiger partial charge in [-0.1, -0.05) is 72.8 Å². The van der Waals surface area contributed by atoms with E-state index in [2.05, 4.69) is 5.32 Å². The average molecular weight is 345 g/mol. The van der Waals surface area contributed by atoms with E-state index in [0.717, 1.165) is 11.1 Å². The molecule has 0 atom stereocenters. The SMILES string of the molecule is COC(=O)c1ccccc1NC(=O)C(c1ccccc1)c1ccccc1. The Balaban J connectivity index is 1.96. The van der Waals surface area contributed by atoms with Gasteiger partial charge in [-0.2, -0.15) is 0 Å². The second kappa shape index (κ2) is 8.12. The summed E-state index contributed by atoms with van der Waals surface area (Å²) >= 11 is 0. The van der Waals surface area contributed by atoms with Crippen molar-refractivity contribution in [3.05, 3.63) is 102 Å². The molecular formula is C22H19NO3. The second-order valence-electron chi connectivity index (χ2n) is 5.78. The summed E-state index contributed by atoms with van der Waals surface area (Å²) in [7, 11) is 1.32. The Morgan fingerprint density at radius 1 is 0.769 bits per heavy atom. The number of ether oxygens (including phenoxy) is 1. The van der Waals surface area contributed by atoms with E-state index < -0.39 is 11.9 Å². The molecule has 3 rings (SSSR count). The number of hydrogen-bond acceptors (Lipinski definition) is 3. The third-order valence-corrected chi connectivity index (χ3v) is 4.12. The van der Waals surface area contributed by atoms with Gasteiger partial charge in [0.25, 0.3) is 0 Å². The van der Waals surface area contributed by atoms with E-state index in [1.54, 1.807) is 24.3 Å². The molecule has 26 heavy (non-hydrogen) atoms. The maximum atomic E-state index is 13.1. The number of nitrogens with one attached hydrogen (secondary N) is 1. The highest BCUT2D eigenvalue weighted by Gasteiger charge is 2.24. The van der Waals surface area contributed by atoms with Crippen LogP contribution in [0.5, 0.6) is 0 Å². The van der Waals surface area contributed by atoms with Crippen LogP contribution in [-0.4, -0.2) is 19.0 Å². The predicted molar refractivity (Wildman–Crippen MR) is 101 cm³/mol. The van der Waals surface area contributed by atoms with Crippen molar-refractivity contribution >= 4 is 17.6 Å². The molecule has 130 valence electrons. The number of hydrogen-bond donors (Lipinski definition) is 1.